The molecule has 1 aliphatic heterocycles. The molecule has 1 saturated heterocycles. The summed E-state index contributed by atoms with van der Waals surface area (Å²) in [5, 5.41) is 8.73. The number of carbonyl (C=O) groups excluding carboxylic acids is 1. The van der Waals surface area contributed by atoms with Crippen molar-refractivity contribution in [3.8, 4) is 0 Å². The molecule has 0 bridgehead atoms. The lowest BCUT2D eigenvalue weighted by molar-refractivity contribution is -0.139. The van der Waals surface area contributed by atoms with Crippen molar-refractivity contribution in [2.75, 3.05) is 13.1 Å². The van der Waals surface area contributed by atoms with E-state index >= 15 is 0 Å². The van der Waals surface area contributed by atoms with Gasteiger partial charge in [0.25, 0.3) is 5.91 Å². The van der Waals surface area contributed by atoms with Crippen molar-refractivity contribution in [3.63, 3.8) is 0 Å². The number of hydrogen-bond donors (Lipinski definition) is 1. The van der Waals surface area contributed by atoms with Gasteiger partial charge >= 0.3 is 5.97 Å². The van der Waals surface area contributed by atoms with Crippen LogP contribution in [0.25, 0.3) is 0 Å². The van der Waals surface area contributed by atoms with Gasteiger partial charge in [0.05, 0.1) is 6.42 Å². The van der Waals surface area contributed by atoms with Crippen LogP contribution in [0.5, 0.6) is 0 Å². The van der Waals surface area contributed by atoms with E-state index in [0.29, 0.717) is 13.1 Å². The molecule has 86 valence electrons. The molecule has 1 amide bonds. The summed E-state index contributed by atoms with van der Waals surface area (Å²) in [5.74, 6) is -0.836. The van der Waals surface area contributed by atoms with Crippen molar-refractivity contribution in [3.05, 3.63) is 23.1 Å². The Kier molecular flexibility index (Phi) is 2.87. The Morgan fingerprint density at radius 3 is 2.69 bits per heavy atom. The summed E-state index contributed by atoms with van der Waals surface area (Å²) >= 11 is 5.55. The van der Waals surface area contributed by atoms with Crippen LogP contribution in [-0.2, 0) is 4.79 Å². The molecule has 0 saturated carbocycles. The molecule has 1 N–H and O–H groups in total. The van der Waals surface area contributed by atoms with Crippen molar-refractivity contribution < 1.29 is 19.1 Å². The first-order valence-corrected chi connectivity index (χ1v) is 5.20. The molecule has 1 fully saturated rings. The molecule has 0 radical (unpaired) electrons. The van der Waals surface area contributed by atoms with Crippen molar-refractivity contribution >= 4 is 23.5 Å². The maximum absolute atomic E-state index is 11.7. The second-order valence-corrected chi connectivity index (χ2v) is 4.15. The highest BCUT2D eigenvalue weighted by molar-refractivity contribution is 6.29. The van der Waals surface area contributed by atoms with Crippen LogP contribution < -0.4 is 0 Å². The third kappa shape index (κ3) is 2.19. The van der Waals surface area contributed by atoms with E-state index in [9.17, 15) is 9.59 Å². The van der Waals surface area contributed by atoms with Crippen molar-refractivity contribution in [2.24, 2.45) is 5.92 Å². The smallest absolute Gasteiger partial charge is 0.303 e. The quantitative estimate of drug-likeness (QED) is 0.873. The molecule has 0 atom stereocenters. The summed E-state index contributed by atoms with van der Waals surface area (Å²) in [7, 11) is 0. The number of furan rings is 1. The van der Waals surface area contributed by atoms with Crippen LogP contribution in [0.1, 0.15) is 17.0 Å². The van der Waals surface area contributed by atoms with Gasteiger partial charge in [-0.1, -0.05) is 0 Å². The molecule has 0 unspecified atom stereocenters. The Hall–Kier alpha value is -1.49. The molecule has 16 heavy (non-hydrogen) atoms. The predicted molar refractivity (Wildman–Crippen MR) is 55.4 cm³/mol. The SMILES string of the molecule is O=C(O)CC1CN(C(=O)c2ccc(Cl)o2)C1. The molecule has 0 aromatic carbocycles. The van der Waals surface area contributed by atoms with Crippen LogP contribution in [0.2, 0.25) is 5.22 Å². The molecule has 1 aliphatic rings. The molecule has 2 heterocycles. The first-order valence-electron chi connectivity index (χ1n) is 4.82. The summed E-state index contributed by atoms with van der Waals surface area (Å²) in [6.45, 7) is 0.924. The van der Waals surface area contributed by atoms with Gasteiger partial charge in [0.15, 0.2) is 11.0 Å². The zero-order valence-corrected chi connectivity index (χ0v) is 9.11. The van der Waals surface area contributed by atoms with Crippen molar-refractivity contribution in [1.29, 1.82) is 0 Å². The number of rotatable bonds is 3. The van der Waals surface area contributed by atoms with Crippen LogP contribution in [-0.4, -0.2) is 35.0 Å². The number of amides is 1. The minimum Gasteiger partial charge on any atom is -0.481 e. The number of carboxylic acid groups (broad SMARTS) is 1. The molecule has 0 spiro atoms. The van der Waals surface area contributed by atoms with Gasteiger partial charge in [-0.25, -0.2) is 0 Å². The van der Waals surface area contributed by atoms with Crippen LogP contribution in [0.3, 0.4) is 0 Å². The average molecular weight is 244 g/mol. The van der Waals surface area contributed by atoms with Gasteiger partial charge in [0, 0.05) is 19.0 Å². The number of hydrogen-bond acceptors (Lipinski definition) is 3. The first-order chi connectivity index (χ1) is 7.56. The van der Waals surface area contributed by atoms with Crippen LogP contribution >= 0.6 is 11.6 Å². The normalized spacial score (nSPS) is 15.9. The highest BCUT2D eigenvalue weighted by Gasteiger charge is 2.33. The van der Waals surface area contributed by atoms with Gasteiger partial charge in [0.2, 0.25) is 0 Å². The second-order valence-electron chi connectivity index (χ2n) is 3.78. The standard InChI is InChI=1S/C10H10ClNO4/c11-8-2-1-7(16-8)10(15)12-4-6(5-12)3-9(13)14/h1-2,6H,3-5H2,(H,13,14). The largest absolute Gasteiger partial charge is 0.481 e. The molecule has 5 nitrogen and oxygen atoms in total. The monoisotopic (exact) mass is 243 g/mol. The minimum atomic E-state index is -0.835. The Bertz CT molecular complexity index is 422. The second kappa shape index (κ2) is 4.17. The first kappa shape index (κ1) is 11.0. The Morgan fingerprint density at radius 2 is 2.19 bits per heavy atom. The van der Waals surface area contributed by atoms with E-state index in [1.165, 1.54) is 12.1 Å². The lowest BCUT2D eigenvalue weighted by Crippen LogP contribution is -2.50. The lowest BCUT2D eigenvalue weighted by Gasteiger charge is -2.37. The Labute approximate surface area is 96.6 Å². The van der Waals surface area contributed by atoms with E-state index in [1.807, 2.05) is 0 Å². The number of halogens is 1. The summed E-state index contributed by atoms with van der Waals surface area (Å²) < 4.78 is 4.98. The fourth-order valence-electron chi connectivity index (χ4n) is 1.70. The zero-order valence-electron chi connectivity index (χ0n) is 8.35. The summed E-state index contributed by atoms with van der Waals surface area (Å²) in [5.41, 5.74) is 0. The van der Waals surface area contributed by atoms with Crippen LogP contribution in [0, 0.1) is 5.92 Å². The Morgan fingerprint density at radius 1 is 1.50 bits per heavy atom. The van der Waals surface area contributed by atoms with Gasteiger partial charge in [-0.05, 0) is 23.7 Å². The molecule has 0 aliphatic carbocycles. The topological polar surface area (TPSA) is 70.8 Å². The summed E-state index contributed by atoms with van der Waals surface area (Å²) in [6, 6.07) is 3.01. The average Bonchev–Trinajstić information content (AvgIpc) is 2.56. The molecule has 1 aromatic rings. The van der Waals surface area contributed by atoms with Gasteiger partial charge < -0.3 is 14.4 Å². The number of carbonyl (C=O) groups is 2. The molecule has 6 heteroatoms. The third-order valence-corrected chi connectivity index (χ3v) is 2.69. The maximum Gasteiger partial charge on any atom is 0.303 e. The van der Waals surface area contributed by atoms with E-state index in [2.05, 4.69) is 0 Å². The van der Waals surface area contributed by atoms with Crippen molar-refractivity contribution in [2.45, 2.75) is 6.42 Å². The minimum absolute atomic E-state index is 0.0480. The van der Waals surface area contributed by atoms with Gasteiger partial charge in [-0.15, -0.1) is 0 Å². The maximum atomic E-state index is 11.7. The van der Waals surface area contributed by atoms with Crippen molar-refractivity contribution in [1.82, 2.24) is 4.90 Å². The third-order valence-electron chi connectivity index (χ3n) is 2.49. The number of aliphatic carboxylic acids is 1. The molecular weight excluding hydrogens is 234 g/mol. The number of carboxylic acids is 1. The highest BCUT2D eigenvalue weighted by atomic mass is 35.5. The lowest BCUT2D eigenvalue weighted by atomic mass is 9.96. The molecular formula is C10H10ClNO4. The van der Waals surface area contributed by atoms with Crippen LogP contribution in [0.15, 0.2) is 16.5 Å². The highest BCUT2D eigenvalue weighted by Crippen LogP contribution is 2.23. The molecule has 1 aromatic heterocycles. The van der Waals surface area contributed by atoms with Gasteiger partial charge in [-0.2, -0.15) is 0 Å². The Balaban J connectivity index is 1.88. The summed E-state index contributed by atoms with van der Waals surface area (Å²) in [4.78, 5) is 23.7. The van der Waals surface area contributed by atoms with Crippen LogP contribution in [0.4, 0.5) is 0 Å². The van der Waals surface area contributed by atoms with E-state index < -0.39 is 5.97 Å². The predicted octanol–water partition coefficient (Wildman–Crippen LogP) is 1.48. The number of nitrogens with zero attached hydrogens (tertiary/aromatic N) is 1. The van der Waals surface area contributed by atoms with E-state index in [0.717, 1.165) is 0 Å². The molecule has 2 rings (SSSR count). The fourth-order valence-corrected chi connectivity index (χ4v) is 1.84. The zero-order chi connectivity index (χ0) is 11.7. The van der Waals surface area contributed by atoms with Gasteiger partial charge in [-0.3, -0.25) is 9.59 Å². The number of likely N-dealkylation sites (tertiary alicyclic amines) is 1. The van der Waals surface area contributed by atoms with E-state index in [4.69, 9.17) is 21.1 Å². The fraction of sp³-hybridized carbons (Fsp3) is 0.400. The van der Waals surface area contributed by atoms with E-state index in [1.54, 1.807) is 4.90 Å². The van der Waals surface area contributed by atoms with Gasteiger partial charge in [0.1, 0.15) is 0 Å². The summed E-state index contributed by atoms with van der Waals surface area (Å²) in [6.07, 6.45) is 0.0999. The van der Waals surface area contributed by atoms with E-state index in [-0.39, 0.29) is 29.2 Å².